The number of anilines is 1. The van der Waals surface area contributed by atoms with Gasteiger partial charge in [-0.15, -0.1) is 23.1 Å². The van der Waals surface area contributed by atoms with Gasteiger partial charge in [-0.25, -0.2) is 4.98 Å². The SMILES string of the molecule is CO/N=C(\C(=O)N[C@@H]1C(=O)N2C(C(=O)[O-])=C(C=Cc3ccc(OC(C)=O)c(OC(C)=O)c3)CS[C@H]12)c1csc(N)n1.[Na+]. The van der Waals surface area contributed by atoms with Gasteiger partial charge in [0.2, 0.25) is 0 Å². The third-order valence-electron chi connectivity index (χ3n) is 5.59. The Morgan fingerprint density at radius 2 is 1.86 bits per heavy atom. The van der Waals surface area contributed by atoms with Crippen LogP contribution in [0.25, 0.3) is 6.08 Å². The Morgan fingerprint density at radius 1 is 1.17 bits per heavy atom. The molecular weight excluding hydrogens is 601 g/mol. The second-order valence-corrected chi connectivity index (χ2v) is 10.4. The average molecular weight is 624 g/mol. The van der Waals surface area contributed by atoms with E-state index in [1.165, 1.54) is 56.3 Å². The van der Waals surface area contributed by atoms with Crippen LogP contribution in [-0.4, -0.2) is 69.6 Å². The molecule has 0 spiro atoms. The van der Waals surface area contributed by atoms with E-state index < -0.39 is 41.1 Å². The summed E-state index contributed by atoms with van der Waals surface area (Å²) < 4.78 is 10.2. The molecule has 2 aliphatic heterocycles. The first kappa shape index (κ1) is 32.8. The Hall–Kier alpha value is -3.70. The molecule has 3 N–H and O–H groups in total. The second kappa shape index (κ2) is 14.0. The summed E-state index contributed by atoms with van der Waals surface area (Å²) in [6.45, 7) is 2.39. The third kappa shape index (κ3) is 7.19. The zero-order valence-electron chi connectivity index (χ0n) is 22.7. The first-order chi connectivity index (χ1) is 19.5. The van der Waals surface area contributed by atoms with Gasteiger partial charge in [0.15, 0.2) is 22.3 Å². The number of hydrogen-bond acceptors (Lipinski definition) is 14. The van der Waals surface area contributed by atoms with E-state index in [-0.39, 0.29) is 74.6 Å². The van der Waals surface area contributed by atoms with Gasteiger partial charge in [-0.3, -0.25) is 24.1 Å². The summed E-state index contributed by atoms with van der Waals surface area (Å²) in [5, 5.41) is 19.3. The molecule has 3 heterocycles. The number of esters is 2. The van der Waals surface area contributed by atoms with Crippen molar-refractivity contribution in [1.82, 2.24) is 15.2 Å². The normalized spacial score (nSPS) is 18.0. The molecule has 1 saturated heterocycles. The van der Waals surface area contributed by atoms with E-state index in [0.29, 0.717) is 5.56 Å². The number of carboxylic acids is 1. The summed E-state index contributed by atoms with van der Waals surface area (Å²) in [5.41, 5.74) is 6.03. The molecule has 0 saturated carbocycles. The van der Waals surface area contributed by atoms with E-state index in [1.807, 2.05) is 0 Å². The van der Waals surface area contributed by atoms with Gasteiger partial charge >= 0.3 is 41.5 Å². The number of carbonyl (C=O) groups excluding carboxylic acids is 5. The number of aliphatic carboxylic acids is 1. The van der Waals surface area contributed by atoms with Crippen LogP contribution in [0.1, 0.15) is 25.1 Å². The number of nitrogen functional groups attached to an aromatic ring is 1. The van der Waals surface area contributed by atoms with Crippen LogP contribution in [0.2, 0.25) is 0 Å². The van der Waals surface area contributed by atoms with Crippen LogP contribution in [0.3, 0.4) is 0 Å². The monoisotopic (exact) mass is 623 g/mol. The molecule has 0 bridgehead atoms. The van der Waals surface area contributed by atoms with Crippen molar-refractivity contribution in [3.63, 3.8) is 0 Å². The molecule has 17 heteroatoms. The predicted octanol–water partition coefficient (Wildman–Crippen LogP) is -2.95. The van der Waals surface area contributed by atoms with Crippen LogP contribution in [0.4, 0.5) is 5.13 Å². The van der Waals surface area contributed by atoms with Gasteiger partial charge in [0.05, 0.1) is 11.7 Å². The Bertz CT molecular complexity index is 1540. The van der Waals surface area contributed by atoms with Crippen LogP contribution < -0.4 is 55.2 Å². The summed E-state index contributed by atoms with van der Waals surface area (Å²) in [7, 11) is 1.24. The van der Waals surface area contributed by atoms with Gasteiger partial charge in [-0.05, 0) is 23.3 Å². The molecule has 2 aromatic rings. The molecule has 214 valence electrons. The number of amides is 2. The Labute approximate surface area is 269 Å². The summed E-state index contributed by atoms with van der Waals surface area (Å²) in [4.78, 5) is 70.6. The van der Waals surface area contributed by atoms with Crippen molar-refractivity contribution in [3.05, 3.63) is 52.2 Å². The number of carbonyl (C=O) groups is 5. The summed E-state index contributed by atoms with van der Waals surface area (Å²) >= 11 is 2.33. The number of benzene rings is 1. The molecule has 42 heavy (non-hydrogen) atoms. The van der Waals surface area contributed by atoms with Crippen molar-refractivity contribution >= 4 is 69.7 Å². The number of thiazole rings is 1. The fourth-order valence-corrected chi connectivity index (χ4v) is 5.83. The number of nitrogens with zero attached hydrogens (tertiary/aromatic N) is 3. The first-order valence-electron chi connectivity index (χ1n) is 11.7. The molecule has 1 aromatic heterocycles. The zero-order valence-corrected chi connectivity index (χ0v) is 26.4. The minimum Gasteiger partial charge on any atom is -0.543 e. The second-order valence-electron chi connectivity index (χ2n) is 8.44. The maximum absolute atomic E-state index is 13.0. The van der Waals surface area contributed by atoms with Crippen LogP contribution in [0, 0.1) is 0 Å². The summed E-state index contributed by atoms with van der Waals surface area (Å²) in [5.74, 6) is -4.02. The van der Waals surface area contributed by atoms with Gasteiger partial charge < -0.3 is 35.3 Å². The largest absolute Gasteiger partial charge is 1.00 e. The molecule has 1 aromatic carbocycles. The molecular formula is C25H22N5NaO9S2. The van der Waals surface area contributed by atoms with E-state index in [9.17, 15) is 29.1 Å². The minimum atomic E-state index is -1.57. The maximum atomic E-state index is 13.0. The van der Waals surface area contributed by atoms with Crippen molar-refractivity contribution < 1.29 is 72.9 Å². The van der Waals surface area contributed by atoms with Crippen LogP contribution in [0.15, 0.2) is 46.1 Å². The third-order valence-corrected chi connectivity index (χ3v) is 7.57. The Morgan fingerprint density at radius 3 is 2.45 bits per heavy atom. The number of allylic oxidation sites excluding steroid dienone is 1. The predicted molar refractivity (Wildman–Crippen MR) is 145 cm³/mol. The number of nitrogens with one attached hydrogen (secondary N) is 1. The molecule has 2 amide bonds. The van der Waals surface area contributed by atoms with Crippen LogP contribution >= 0.6 is 23.1 Å². The van der Waals surface area contributed by atoms with Crippen molar-refractivity contribution in [2.24, 2.45) is 5.16 Å². The van der Waals surface area contributed by atoms with E-state index >= 15 is 0 Å². The molecule has 0 unspecified atom stereocenters. The van der Waals surface area contributed by atoms with E-state index in [0.717, 1.165) is 16.2 Å². The quantitative estimate of drug-likeness (QED) is 0.0719. The van der Waals surface area contributed by atoms with Crippen molar-refractivity contribution in [1.29, 1.82) is 0 Å². The molecule has 2 aliphatic rings. The standard InChI is InChI=1S/C25H23N5O9S2.Na/c1-11(31)38-16-7-5-13(8-17(16)39-12(2)32)4-6-14-9-40-23-19(22(34)30(23)20(14)24(35)36)28-21(33)18(29-37-3)15-10-41-25(26)27-15;/h4-8,10,19,23H,9H2,1-3H3,(H2,26,27)(H,28,33)(H,35,36);/q;+1/p-1/b6-4?,29-18-;/t19-,23-;/m1./s1. The molecule has 1 fully saturated rings. The molecule has 2 atom stereocenters. The average Bonchev–Trinajstić information content (AvgIpc) is 3.34. The first-order valence-corrected chi connectivity index (χ1v) is 13.6. The maximum Gasteiger partial charge on any atom is 1.00 e. The number of nitrogens with two attached hydrogens (primary N) is 1. The van der Waals surface area contributed by atoms with Gasteiger partial charge in [0.25, 0.3) is 11.8 Å². The fourth-order valence-electron chi connectivity index (χ4n) is 3.96. The van der Waals surface area contributed by atoms with Crippen molar-refractivity contribution in [2.75, 3.05) is 18.6 Å². The summed E-state index contributed by atoms with van der Waals surface area (Å²) in [6, 6.07) is 3.39. The van der Waals surface area contributed by atoms with E-state index in [4.69, 9.17) is 20.0 Å². The number of aromatic nitrogens is 1. The molecule has 0 radical (unpaired) electrons. The number of carboxylic acid groups (broad SMARTS) is 1. The Balaban J connectivity index is 0.00000484. The van der Waals surface area contributed by atoms with Crippen LogP contribution in [0.5, 0.6) is 11.5 Å². The Kier molecular flexibility index (Phi) is 10.9. The van der Waals surface area contributed by atoms with E-state index in [1.54, 1.807) is 12.1 Å². The van der Waals surface area contributed by atoms with Crippen molar-refractivity contribution in [3.8, 4) is 11.5 Å². The fraction of sp³-hybridized carbons (Fsp3) is 0.240. The van der Waals surface area contributed by atoms with Gasteiger partial charge in [0, 0.05) is 25.0 Å². The minimum absolute atomic E-state index is 0. The van der Waals surface area contributed by atoms with Gasteiger partial charge in [-0.2, -0.15) is 0 Å². The summed E-state index contributed by atoms with van der Waals surface area (Å²) in [6.07, 6.45) is 3.03. The number of rotatable bonds is 9. The van der Waals surface area contributed by atoms with E-state index in [2.05, 4.69) is 15.5 Å². The number of hydrogen-bond donors (Lipinski definition) is 2. The molecule has 4 rings (SSSR count). The topological polar surface area (TPSA) is 203 Å². The number of fused-ring (bicyclic) bond motifs is 1. The smallest absolute Gasteiger partial charge is 0.543 e. The number of ether oxygens (including phenoxy) is 2. The molecule has 14 nitrogen and oxygen atoms in total. The molecule has 0 aliphatic carbocycles. The zero-order chi connectivity index (χ0) is 29.8. The van der Waals surface area contributed by atoms with Gasteiger partial charge in [-0.1, -0.05) is 23.4 Å². The number of thioether (sulfide) groups is 1. The van der Waals surface area contributed by atoms with Gasteiger partial charge in [0.1, 0.15) is 24.2 Å². The number of β-lactam (4-membered cyclic amide) rings is 1. The van der Waals surface area contributed by atoms with Crippen molar-refractivity contribution in [2.45, 2.75) is 25.3 Å². The number of oxime groups is 1. The van der Waals surface area contributed by atoms with Crippen LogP contribution in [-0.2, 0) is 28.8 Å².